The molecule has 0 saturated carbocycles. The lowest BCUT2D eigenvalue weighted by atomic mass is 10.2. The average Bonchev–Trinajstić information content (AvgIpc) is 2.48. The van der Waals surface area contributed by atoms with Crippen LogP contribution in [-0.2, 0) is 6.54 Å². The van der Waals surface area contributed by atoms with Gasteiger partial charge in [-0.05, 0) is 18.4 Å². The van der Waals surface area contributed by atoms with E-state index in [4.69, 9.17) is 0 Å². The molecule has 0 atom stereocenters. The Morgan fingerprint density at radius 3 is 2.21 bits per heavy atom. The van der Waals surface area contributed by atoms with Crippen molar-refractivity contribution < 1.29 is 0 Å². The minimum atomic E-state index is 1.10. The Hall–Kier alpha value is -1.08. The number of rotatable bonds is 2. The van der Waals surface area contributed by atoms with Crippen LogP contribution in [0.3, 0.4) is 0 Å². The van der Waals surface area contributed by atoms with Gasteiger partial charge >= 0.3 is 0 Å². The van der Waals surface area contributed by atoms with Gasteiger partial charge in [0.2, 0.25) is 0 Å². The molecular weight excluding hydrogens is 170 g/mol. The number of nitrogens with zero attached hydrogens (tertiary/aromatic N) is 1. The van der Waals surface area contributed by atoms with Crippen LogP contribution in [0.5, 0.6) is 0 Å². The van der Waals surface area contributed by atoms with E-state index in [1.165, 1.54) is 31.5 Å². The van der Waals surface area contributed by atoms with Gasteiger partial charge in [0, 0.05) is 19.6 Å². The summed E-state index contributed by atoms with van der Waals surface area (Å²) in [5, 5.41) is 0. The van der Waals surface area contributed by atoms with E-state index in [-0.39, 0.29) is 0 Å². The Labute approximate surface area is 86.1 Å². The first-order valence-electron chi connectivity index (χ1n) is 5.36. The van der Waals surface area contributed by atoms with Crippen molar-refractivity contribution in [1.29, 1.82) is 0 Å². The number of benzene rings is 1. The normalized spacial score (nSPS) is 18.0. The zero-order valence-corrected chi connectivity index (χ0v) is 8.52. The lowest BCUT2D eigenvalue weighted by molar-refractivity contribution is 0.281. The molecule has 74 valence electrons. The molecule has 1 nitrogen and oxygen atoms in total. The van der Waals surface area contributed by atoms with Crippen LogP contribution in [-0.4, -0.2) is 18.0 Å². The first kappa shape index (κ1) is 9.47. The van der Waals surface area contributed by atoms with E-state index in [1.807, 2.05) is 0 Å². The highest BCUT2D eigenvalue weighted by Gasteiger charge is 2.05. The summed E-state index contributed by atoms with van der Waals surface area (Å²) in [7, 11) is 0. The fraction of sp³-hybridized carbons (Fsp3) is 0.385. The minimum absolute atomic E-state index is 1.10. The third-order valence-corrected chi connectivity index (χ3v) is 2.64. The predicted octanol–water partition coefficient (Wildman–Crippen LogP) is 2.84. The SMILES string of the molecule is C1=CCCN(Cc2ccccc2)CC1. The first-order chi connectivity index (χ1) is 6.95. The van der Waals surface area contributed by atoms with Crippen molar-refractivity contribution in [1.82, 2.24) is 4.90 Å². The van der Waals surface area contributed by atoms with Gasteiger partial charge in [0.15, 0.2) is 0 Å². The van der Waals surface area contributed by atoms with Crippen LogP contribution in [0, 0.1) is 0 Å². The van der Waals surface area contributed by atoms with Crippen molar-refractivity contribution >= 4 is 0 Å². The van der Waals surface area contributed by atoms with Gasteiger partial charge in [0.25, 0.3) is 0 Å². The molecule has 1 aliphatic heterocycles. The van der Waals surface area contributed by atoms with Crippen LogP contribution in [0.15, 0.2) is 42.5 Å². The number of hydrogen-bond donors (Lipinski definition) is 0. The van der Waals surface area contributed by atoms with E-state index in [1.54, 1.807) is 0 Å². The summed E-state index contributed by atoms with van der Waals surface area (Å²) in [5.74, 6) is 0. The van der Waals surface area contributed by atoms with Gasteiger partial charge in [-0.15, -0.1) is 0 Å². The maximum Gasteiger partial charge on any atom is 0.0233 e. The molecule has 0 amide bonds. The highest BCUT2D eigenvalue weighted by atomic mass is 15.1. The van der Waals surface area contributed by atoms with Crippen molar-refractivity contribution in [2.24, 2.45) is 0 Å². The second kappa shape index (κ2) is 4.97. The van der Waals surface area contributed by atoms with Crippen molar-refractivity contribution in [3.8, 4) is 0 Å². The zero-order chi connectivity index (χ0) is 9.64. The van der Waals surface area contributed by atoms with Crippen LogP contribution in [0.2, 0.25) is 0 Å². The molecule has 1 heterocycles. The molecule has 1 heteroatoms. The summed E-state index contributed by atoms with van der Waals surface area (Å²) in [4.78, 5) is 2.52. The van der Waals surface area contributed by atoms with Crippen molar-refractivity contribution in [3.05, 3.63) is 48.0 Å². The molecule has 0 aromatic heterocycles. The Bertz CT molecular complexity index is 279. The van der Waals surface area contributed by atoms with Crippen molar-refractivity contribution in [2.75, 3.05) is 13.1 Å². The van der Waals surface area contributed by atoms with Gasteiger partial charge < -0.3 is 0 Å². The number of hydrogen-bond acceptors (Lipinski definition) is 1. The van der Waals surface area contributed by atoms with E-state index < -0.39 is 0 Å². The highest BCUT2D eigenvalue weighted by Crippen LogP contribution is 2.08. The largest absolute Gasteiger partial charge is 0.298 e. The van der Waals surface area contributed by atoms with Gasteiger partial charge in [-0.3, -0.25) is 4.90 Å². The summed E-state index contributed by atoms with van der Waals surface area (Å²) >= 11 is 0. The zero-order valence-electron chi connectivity index (χ0n) is 8.52. The monoisotopic (exact) mass is 187 g/mol. The molecule has 2 rings (SSSR count). The molecule has 0 saturated heterocycles. The molecule has 0 N–H and O–H groups in total. The Balaban J connectivity index is 1.91. The molecule has 1 aromatic rings. The minimum Gasteiger partial charge on any atom is -0.298 e. The van der Waals surface area contributed by atoms with E-state index in [0.29, 0.717) is 0 Å². The molecule has 0 aliphatic carbocycles. The third-order valence-electron chi connectivity index (χ3n) is 2.64. The van der Waals surface area contributed by atoms with Crippen LogP contribution >= 0.6 is 0 Å². The highest BCUT2D eigenvalue weighted by molar-refractivity contribution is 5.14. The lowest BCUT2D eigenvalue weighted by Gasteiger charge is -2.19. The standard InChI is InChI=1S/C13H17N/c1-2-7-11-14(10-6-1)12-13-8-4-3-5-9-13/h1-5,8-9H,6-7,10-12H2. The van der Waals surface area contributed by atoms with Crippen LogP contribution in [0.1, 0.15) is 18.4 Å². The van der Waals surface area contributed by atoms with Crippen molar-refractivity contribution in [3.63, 3.8) is 0 Å². The molecule has 0 spiro atoms. The Morgan fingerprint density at radius 2 is 1.57 bits per heavy atom. The van der Waals surface area contributed by atoms with Crippen LogP contribution in [0.25, 0.3) is 0 Å². The fourth-order valence-electron chi connectivity index (χ4n) is 1.86. The van der Waals surface area contributed by atoms with E-state index >= 15 is 0 Å². The predicted molar refractivity (Wildman–Crippen MR) is 60.1 cm³/mol. The summed E-state index contributed by atoms with van der Waals surface area (Å²) < 4.78 is 0. The molecule has 0 bridgehead atoms. The Kier molecular flexibility index (Phi) is 3.36. The molecule has 1 aromatic carbocycles. The molecule has 1 aliphatic rings. The van der Waals surface area contributed by atoms with Crippen LogP contribution < -0.4 is 0 Å². The molecule has 14 heavy (non-hydrogen) atoms. The maximum atomic E-state index is 2.52. The maximum absolute atomic E-state index is 2.52. The smallest absolute Gasteiger partial charge is 0.0233 e. The third kappa shape index (κ3) is 2.71. The van der Waals surface area contributed by atoms with Gasteiger partial charge in [-0.2, -0.15) is 0 Å². The lowest BCUT2D eigenvalue weighted by Crippen LogP contribution is -2.24. The summed E-state index contributed by atoms with van der Waals surface area (Å²) in [6.45, 7) is 3.50. The second-order valence-corrected chi connectivity index (χ2v) is 3.81. The van der Waals surface area contributed by atoms with Crippen LogP contribution in [0.4, 0.5) is 0 Å². The summed E-state index contributed by atoms with van der Waals surface area (Å²) in [6.07, 6.45) is 7.00. The second-order valence-electron chi connectivity index (χ2n) is 3.81. The van der Waals surface area contributed by atoms with Gasteiger partial charge in [0.1, 0.15) is 0 Å². The molecular formula is C13H17N. The van der Waals surface area contributed by atoms with Crippen molar-refractivity contribution in [2.45, 2.75) is 19.4 Å². The van der Waals surface area contributed by atoms with Gasteiger partial charge in [-0.25, -0.2) is 0 Å². The summed E-state index contributed by atoms with van der Waals surface area (Å²) in [6, 6.07) is 10.7. The van der Waals surface area contributed by atoms with E-state index in [9.17, 15) is 0 Å². The fourth-order valence-corrected chi connectivity index (χ4v) is 1.86. The topological polar surface area (TPSA) is 3.24 Å². The van der Waals surface area contributed by atoms with E-state index in [0.717, 1.165) is 6.54 Å². The van der Waals surface area contributed by atoms with Gasteiger partial charge in [-0.1, -0.05) is 42.5 Å². The molecule has 0 radical (unpaired) electrons. The molecule has 0 fully saturated rings. The first-order valence-corrected chi connectivity index (χ1v) is 5.36. The van der Waals surface area contributed by atoms with E-state index in [2.05, 4.69) is 47.4 Å². The average molecular weight is 187 g/mol. The molecule has 0 unspecified atom stereocenters. The quantitative estimate of drug-likeness (QED) is 0.643. The summed E-state index contributed by atoms with van der Waals surface area (Å²) in [5.41, 5.74) is 1.43. The van der Waals surface area contributed by atoms with Gasteiger partial charge in [0.05, 0.1) is 0 Å². The Morgan fingerprint density at radius 1 is 0.929 bits per heavy atom.